The van der Waals surface area contributed by atoms with Gasteiger partial charge in [0.05, 0.1) is 12.2 Å². The van der Waals surface area contributed by atoms with Crippen LogP contribution in [0.15, 0.2) is 18.2 Å². The van der Waals surface area contributed by atoms with Crippen molar-refractivity contribution in [3.05, 3.63) is 29.3 Å². The quantitative estimate of drug-likeness (QED) is 0.804. The van der Waals surface area contributed by atoms with Crippen LogP contribution in [0.4, 0.5) is 18.9 Å². The molecule has 0 aliphatic rings. The number of alkyl halides is 3. The number of aliphatic hydroxyl groups is 1. The van der Waals surface area contributed by atoms with Crippen molar-refractivity contribution in [3.8, 4) is 0 Å². The van der Waals surface area contributed by atoms with Crippen LogP contribution in [0, 0.1) is 5.92 Å². The first-order valence-corrected chi connectivity index (χ1v) is 7.43. The number of aliphatic hydroxyl groups excluding tert-OH is 1. The van der Waals surface area contributed by atoms with Gasteiger partial charge in [-0.3, -0.25) is 0 Å². The second kappa shape index (κ2) is 7.69. The first-order chi connectivity index (χ1) is 9.87. The van der Waals surface area contributed by atoms with E-state index >= 15 is 0 Å². The number of hydrogen-bond donors (Lipinski definition) is 1. The summed E-state index contributed by atoms with van der Waals surface area (Å²) < 4.78 is 39.8. The molecule has 120 valence electrons. The van der Waals surface area contributed by atoms with E-state index in [1.54, 1.807) is 11.0 Å². The van der Waals surface area contributed by atoms with Gasteiger partial charge in [-0.1, -0.05) is 32.8 Å². The molecule has 21 heavy (non-hydrogen) atoms. The number of rotatable bonds is 7. The predicted molar refractivity (Wildman–Crippen MR) is 79.3 cm³/mol. The molecule has 5 heteroatoms. The van der Waals surface area contributed by atoms with Crippen molar-refractivity contribution in [2.75, 3.05) is 18.0 Å². The summed E-state index contributed by atoms with van der Waals surface area (Å²) in [5.74, 6) is 0.378. The molecule has 1 N–H and O–H groups in total. The third kappa shape index (κ3) is 4.63. The summed E-state index contributed by atoms with van der Waals surface area (Å²) in [5.41, 5.74) is -0.180. The van der Waals surface area contributed by atoms with Gasteiger partial charge in [0.2, 0.25) is 0 Å². The van der Waals surface area contributed by atoms with Gasteiger partial charge >= 0.3 is 6.18 Å². The Balaban J connectivity index is 3.19. The molecule has 0 aromatic heterocycles. The fourth-order valence-electron chi connectivity index (χ4n) is 2.44. The molecule has 0 atom stereocenters. The molecule has 0 saturated heterocycles. The molecule has 0 unspecified atom stereocenters. The van der Waals surface area contributed by atoms with Gasteiger partial charge in [-0.2, -0.15) is 13.2 Å². The van der Waals surface area contributed by atoms with Gasteiger partial charge < -0.3 is 10.0 Å². The van der Waals surface area contributed by atoms with E-state index in [9.17, 15) is 13.2 Å². The fraction of sp³-hybridized carbons (Fsp3) is 0.625. The summed E-state index contributed by atoms with van der Waals surface area (Å²) in [6.45, 7) is 6.73. The second-order valence-corrected chi connectivity index (χ2v) is 5.23. The van der Waals surface area contributed by atoms with E-state index in [1.165, 1.54) is 6.07 Å². The summed E-state index contributed by atoms with van der Waals surface area (Å²) in [7, 11) is 0. The minimum absolute atomic E-state index is 0.203. The Morgan fingerprint density at radius 3 is 2.19 bits per heavy atom. The Labute approximate surface area is 124 Å². The summed E-state index contributed by atoms with van der Waals surface area (Å²) in [6, 6.07) is 4.07. The zero-order valence-corrected chi connectivity index (χ0v) is 12.9. The first-order valence-electron chi connectivity index (χ1n) is 7.43. The van der Waals surface area contributed by atoms with Crippen molar-refractivity contribution in [2.24, 2.45) is 5.92 Å². The summed E-state index contributed by atoms with van der Waals surface area (Å²) in [4.78, 5) is 1.78. The van der Waals surface area contributed by atoms with E-state index in [2.05, 4.69) is 13.8 Å². The maximum Gasteiger partial charge on any atom is 0.418 e. The monoisotopic (exact) mass is 303 g/mol. The summed E-state index contributed by atoms with van der Waals surface area (Å²) >= 11 is 0. The van der Waals surface area contributed by atoms with Crippen LogP contribution in [-0.2, 0) is 12.8 Å². The van der Waals surface area contributed by atoms with Gasteiger partial charge in [0, 0.05) is 18.8 Å². The predicted octanol–water partition coefficient (Wildman–Crippen LogP) is 4.46. The SMILES string of the molecule is CCC(CC)CN(CC)c1ccc(CO)cc1C(F)(F)F. The Hall–Kier alpha value is -1.23. The molecule has 2 nitrogen and oxygen atoms in total. The van der Waals surface area contributed by atoms with Gasteiger partial charge in [-0.05, 0) is 30.5 Å². The molecule has 0 radical (unpaired) electrons. The Morgan fingerprint density at radius 1 is 1.14 bits per heavy atom. The Morgan fingerprint density at radius 2 is 1.76 bits per heavy atom. The van der Waals surface area contributed by atoms with E-state index in [0.29, 0.717) is 19.0 Å². The average Bonchev–Trinajstić information content (AvgIpc) is 2.47. The number of anilines is 1. The molecule has 0 fully saturated rings. The fourth-order valence-corrected chi connectivity index (χ4v) is 2.44. The molecule has 0 heterocycles. The van der Waals surface area contributed by atoms with E-state index in [1.807, 2.05) is 6.92 Å². The molecule has 1 aromatic rings. The number of nitrogens with zero attached hydrogens (tertiary/aromatic N) is 1. The first kappa shape index (κ1) is 17.8. The lowest BCUT2D eigenvalue weighted by atomic mass is 10.0. The molecule has 1 aromatic carbocycles. The molecular weight excluding hydrogens is 279 g/mol. The van der Waals surface area contributed by atoms with Crippen molar-refractivity contribution >= 4 is 5.69 Å². The van der Waals surface area contributed by atoms with E-state index < -0.39 is 11.7 Å². The minimum atomic E-state index is -4.41. The van der Waals surface area contributed by atoms with Crippen molar-refractivity contribution in [1.29, 1.82) is 0 Å². The highest BCUT2D eigenvalue weighted by Gasteiger charge is 2.35. The Kier molecular flexibility index (Phi) is 6.52. The minimum Gasteiger partial charge on any atom is -0.392 e. The highest BCUT2D eigenvalue weighted by atomic mass is 19.4. The number of benzene rings is 1. The lowest BCUT2D eigenvalue weighted by Crippen LogP contribution is -2.31. The van der Waals surface area contributed by atoms with Crippen LogP contribution in [0.5, 0.6) is 0 Å². The van der Waals surface area contributed by atoms with Crippen molar-refractivity contribution in [1.82, 2.24) is 0 Å². The summed E-state index contributed by atoms with van der Waals surface area (Å²) in [5, 5.41) is 9.06. The van der Waals surface area contributed by atoms with Crippen LogP contribution in [0.3, 0.4) is 0 Å². The lowest BCUT2D eigenvalue weighted by Gasteiger charge is -2.30. The third-order valence-corrected chi connectivity index (χ3v) is 3.90. The van der Waals surface area contributed by atoms with Crippen LogP contribution < -0.4 is 4.90 Å². The molecule has 1 rings (SSSR count). The zero-order valence-electron chi connectivity index (χ0n) is 12.9. The smallest absolute Gasteiger partial charge is 0.392 e. The van der Waals surface area contributed by atoms with Gasteiger partial charge in [-0.25, -0.2) is 0 Å². The molecule has 0 spiro atoms. The van der Waals surface area contributed by atoms with Crippen LogP contribution in [0.2, 0.25) is 0 Å². The number of hydrogen-bond acceptors (Lipinski definition) is 2. The third-order valence-electron chi connectivity index (χ3n) is 3.90. The molecule has 0 aliphatic carbocycles. The van der Waals surface area contributed by atoms with Gasteiger partial charge in [0.1, 0.15) is 0 Å². The van der Waals surface area contributed by atoms with Crippen LogP contribution in [-0.4, -0.2) is 18.2 Å². The van der Waals surface area contributed by atoms with E-state index in [4.69, 9.17) is 5.11 Å². The Bertz CT molecular complexity index is 442. The van der Waals surface area contributed by atoms with Gasteiger partial charge in [-0.15, -0.1) is 0 Å². The molecule has 0 aliphatic heterocycles. The average molecular weight is 303 g/mol. The topological polar surface area (TPSA) is 23.5 Å². The van der Waals surface area contributed by atoms with Crippen molar-refractivity contribution in [2.45, 2.75) is 46.4 Å². The molecular formula is C16H24F3NO. The standard InChI is InChI=1S/C16H24F3NO/c1-4-12(5-2)10-20(6-3)15-8-7-13(11-21)9-14(15)16(17,18)19/h7-9,12,21H,4-6,10-11H2,1-3H3. The highest BCUT2D eigenvalue weighted by molar-refractivity contribution is 5.56. The lowest BCUT2D eigenvalue weighted by molar-refractivity contribution is -0.137. The van der Waals surface area contributed by atoms with E-state index in [0.717, 1.165) is 18.9 Å². The highest BCUT2D eigenvalue weighted by Crippen LogP contribution is 2.37. The molecule has 0 amide bonds. The van der Waals surface area contributed by atoms with Crippen molar-refractivity contribution < 1.29 is 18.3 Å². The number of halogens is 3. The van der Waals surface area contributed by atoms with Crippen LogP contribution in [0.25, 0.3) is 0 Å². The maximum atomic E-state index is 13.3. The maximum absolute atomic E-state index is 13.3. The normalized spacial score (nSPS) is 12.0. The molecule has 0 saturated carbocycles. The van der Waals surface area contributed by atoms with Gasteiger partial charge in [0.15, 0.2) is 0 Å². The van der Waals surface area contributed by atoms with Crippen LogP contribution >= 0.6 is 0 Å². The summed E-state index contributed by atoms with van der Waals surface area (Å²) in [6.07, 6.45) is -2.52. The molecule has 0 bridgehead atoms. The van der Waals surface area contributed by atoms with E-state index in [-0.39, 0.29) is 17.9 Å². The second-order valence-electron chi connectivity index (χ2n) is 5.23. The zero-order chi connectivity index (χ0) is 16.0. The van der Waals surface area contributed by atoms with Crippen LogP contribution in [0.1, 0.15) is 44.7 Å². The van der Waals surface area contributed by atoms with Crippen molar-refractivity contribution in [3.63, 3.8) is 0 Å². The van der Waals surface area contributed by atoms with Gasteiger partial charge in [0.25, 0.3) is 0 Å². The largest absolute Gasteiger partial charge is 0.418 e.